The van der Waals surface area contributed by atoms with E-state index in [-0.39, 0.29) is 17.9 Å². The van der Waals surface area contributed by atoms with E-state index in [0.717, 1.165) is 17.7 Å². The number of rotatable bonds is 4. The van der Waals surface area contributed by atoms with Gasteiger partial charge in [0.1, 0.15) is 0 Å². The molecule has 0 radical (unpaired) electrons. The number of hydrogen-bond acceptors (Lipinski definition) is 4. The lowest BCUT2D eigenvalue weighted by Gasteiger charge is -2.29. The number of imide groups is 1. The van der Waals surface area contributed by atoms with E-state index in [0.29, 0.717) is 11.6 Å². The highest BCUT2D eigenvalue weighted by Crippen LogP contribution is 2.42. The van der Waals surface area contributed by atoms with Gasteiger partial charge in [0.25, 0.3) is 5.91 Å². The normalized spacial score (nSPS) is 24.8. The number of fused-ring (bicyclic) bond motifs is 1. The first-order valence-corrected chi connectivity index (χ1v) is 9.43. The molecule has 0 N–H and O–H groups in total. The summed E-state index contributed by atoms with van der Waals surface area (Å²) in [6.07, 6.45) is 0.0125. The molecule has 5 heteroatoms. The maximum Gasteiger partial charge on any atom is 0.266 e. The molecule has 27 heavy (non-hydrogen) atoms. The quantitative estimate of drug-likeness (QED) is 0.776. The standard InChI is InChI=1S/C22H24N2O3/c1-14(2)12-18-19-20(27-24(18)16-9-5-4-6-10-16)22(26)23(21(19)25)17-11-7-8-15(3)13-17/h4-11,13-14,18-20H,12H2,1-3H3/t18-,19+,20+/m1/s1. The monoisotopic (exact) mass is 364 g/mol. The van der Waals surface area contributed by atoms with E-state index in [1.807, 2.05) is 55.5 Å². The van der Waals surface area contributed by atoms with Gasteiger partial charge >= 0.3 is 0 Å². The number of carbonyl (C=O) groups excluding carboxylic acids is 2. The second-order valence-corrected chi connectivity index (χ2v) is 7.76. The number of aryl methyl sites for hydroxylation is 1. The Morgan fingerprint density at radius 3 is 2.33 bits per heavy atom. The van der Waals surface area contributed by atoms with Gasteiger partial charge in [0.05, 0.1) is 23.3 Å². The Labute approximate surface area is 159 Å². The SMILES string of the molecule is Cc1cccc(N2C(=O)[C@@H]3[C@H](ON(c4ccccc4)[C@@H]3CC(C)C)C2=O)c1. The zero-order chi connectivity index (χ0) is 19.1. The molecule has 2 amide bonds. The van der Waals surface area contributed by atoms with Crippen LogP contribution < -0.4 is 9.96 Å². The summed E-state index contributed by atoms with van der Waals surface area (Å²) in [6.45, 7) is 6.19. The molecule has 0 spiro atoms. The van der Waals surface area contributed by atoms with Crippen LogP contribution in [0.15, 0.2) is 54.6 Å². The maximum atomic E-state index is 13.3. The van der Waals surface area contributed by atoms with Crippen LogP contribution >= 0.6 is 0 Å². The molecule has 140 valence electrons. The third-order valence-corrected chi connectivity index (χ3v) is 5.22. The highest BCUT2D eigenvalue weighted by atomic mass is 16.7. The number of para-hydroxylation sites is 1. The molecule has 4 rings (SSSR count). The Balaban J connectivity index is 1.70. The summed E-state index contributed by atoms with van der Waals surface area (Å²) in [7, 11) is 0. The van der Waals surface area contributed by atoms with Crippen molar-refractivity contribution in [3.8, 4) is 0 Å². The van der Waals surface area contributed by atoms with Crippen molar-refractivity contribution in [2.45, 2.75) is 39.3 Å². The molecular weight excluding hydrogens is 340 g/mol. The Kier molecular flexibility index (Phi) is 4.48. The molecule has 0 unspecified atom stereocenters. The van der Waals surface area contributed by atoms with Crippen LogP contribution in [0.2, 0.25) is 0 Å². The van der Waals surface area contributed by atoms with Crippen molar-refractivity contribution in [3.63, 3.8) is 0 Å². The summed E-state index contributed by atoms with van der Waals surface area (Å²) in [4.78, 5) is 33.7. The van der Waals surface area contributed by atoms with E-state index >= 15 is 0 Å². The molecule has 2 aromatic carbocycles. The summed E-state index contributed by atoms with van der Waals surface area (Å²) in [5, 5.41) is 1.78. The number of hydrogen-bond donors (Lipinski definition) is 0. The van der Waals surface area contributed by atoms with Crippen LogP contribution in [0.3, 0.4) is 0 Å². The molecule has 3 atom stereocenters. The van der Waals surface area contributed by atoms with E-state index in [1.165, 1.54) is 4.90 Å². The van der Waals surface area contributed by atoms with Crippen LogP contribution in [0.1, 0.15) is 25.8 Å². The Morgan fingerprint density at radius 1 is 0.963 bits per heavy atom. The van der Waals surface area contributed by atoms with Gasteiger partial charge in [0, 0.05) is 0 Å². The molecule has 2 aliphatic rings. The number of anilines is 2. The zero-order valence-corrected chi connectivity index (χ0v) is 15.8. The Morgan fingerprint density at radius 2 is 1.67 bits per heavy atom. The lowest BCUT2D eigenvalue weighted by Crippen LogP contribution is -2.41. The summed E-state index contributed by atoms with van der Waals surface area (Å²) < 4.78 is 0. The van der Waals surface area contributed by atoms with Gasteiger partial charge in [-0.15, -0.1) is 0 Å². The molecule has 0 aromatic heterocycles. The molecule has 2 aromatic rings. The van der Waals surface area contributed by atoms with Gasteiger partial charge < -0.3 is 0 Å². The first-order chi connectivity index (χ1) is 13.0. The van der Waals surface area contributed by atoms with E-state index in [2.05, 4.69) is 13.8 Å². The predicted octanol–water partition coefficient (Wildman–Crippen LogP) is 3.72. The summed E-state index contributed by atoms with van der Waals surface area (Å²) in [5.41, 5.74) is 2.51. The van der Waals surface area contributed by atoms with Crippen LogP contribution in [0, 0.1) is 18.8 Å². The second-order valence-electron chi connectivity index (χ2n) is 7.76. The van der Waals surface area contributed by atoms with Crippen molar-refractivity contribution in [1.29, 1.82) is 0 Å². The maximum absolute atomic E-state index is 13.3. The first kappa shape index (κ1) is 17.7. The molecule has 0 bridgehead atoms. The van der Waals surface area contributed by atoms with Crippen LogP contribution in [0.25, 0.3) is 0 Å². The number of benzene rings is 2. The van der Waals surface area contributed by atoms with Crippen molar-refractivity contribution in [3.05, 3.63) is 60.2 Å². The van der Waals surface area contributed by atoms with Crippen LogP contribution in [-0.2, 0) is 14.4 Å². The molecule has 2 aliphatic heterocycles. The molecule has 0 aliphatic carbocycles. The molecule has 5 nitrogen and oxygen atoms in total. The molecule has 2 heterocycles. The van der Waals surface area contributed by atoms with Gasteiger partial charge in [0.15, 0.2) is 6.10 Å². The fraction of sp³-hybridized carbons (Fsp3) is 0.364. The van der Waals surface area contributed by atoms with Gasteiger partial charge in [-0.2, -0.15) is 0 Å². The van der Waals surface area contributed by atoms with Crippen molar-refractivity contribution < 1.29 is 14.4 Å². The lowest BCUT2D eigenvalue weighted by atomic mass is 9.90. The smallest absolute Gasteiger partial charge is 0.266 e. The Hall–Kier alpha value is -2.66. The largest absolute Gasteiger partial charge is 0.273 e. The average molecular weight is 364 g/mol. The number of carbonyl (C=O) groups is 2. The Bertz CT molecular complexity index is 865. The minimum absolute atomic E-state index is 0.163. The zero-order valence-electron chi connectivity index (χ0n) is 15.8. The van der Waals surface area contributed by atoms with Gasteiger partial charge in [-0.1, -0.05) is 44.2 Å². The topological polar surface area (TPSA) is 49.9 Å². The summed E-state index contributed by atoms with van der Waals surface area (Å²) in [6, 6.07) is 17.0. The number of hydroxylamine groups is 1. The minimum Gasteiger partial charge on any atom is -0.273 e. The fourth-order valence-electron chi connectivity index (χ4n) is 4.07. The third kappa shape index (κ3) is 3.02. The van der Waals surface area contributed by atoms with Crippen molar-refractivity contribution >= 4 is 23.2 Å². The third-order valence-electron chi connectivity index (χ3n) is 5.22. The van der Waals surface area contributed by atoms with Crippen molar-refractivity contribution in [2.75, 3.05) is 9.96 Å². The van der Waals surface area contributed by atoms with E-state index in [1.54, 1.807) is 11.1 Å². The molecule has 2 fully saturated rings. The van der Waals surface area contributed by atoms with Crippen molar-refractivity contribution in [2.24, 2.45) is 11.8 Å². The molecular formula is C22H24N2O3. The van der Waals surface area contributed by atoms with Gasteiger partial charge in [-0.25, -0.2) is 9.96 Å². The minimum atomic E-state index is -0.762. The van der Waals surface area contributed by atoms with E-state index < -0.39 is 12.0 Å². The van der Waals surface area contributed by atoms with Crippen LogP contribution in [-0.4, -0.2) is 24.0 Å². The van der Waals surface area contributed by atoms with Crippen LogP contribution in [0.4, 0.5) is 11.4 Å². The average Bonchev–Trinajstić information content (AvgIpc) is 3.12. The van der Waals surface area contributed by atoms with Gasteiger partial charge in [-0.3, -0.25) is 14.4 Å². The van der Waals surface area contributed by atoms with E-state index in [9.17, 15) is 9.59 Å². The number of nitrogens with zero attached hydrogens (tertiary/aromatic N) is 2. The van der Waals surface area contributed by atoms with Crippen LogP contribution in [0.5, 0.6) is 0 Å². The highest BCUT2D eigenvalue weighted by molar-refractivity contribution is 6.23. The van der Waals surface area contributed by atoms with Gasteiger partial charge in [-0.05, 0) is 49.1 Å². The number of amides is 2. The molecule has 0 saturated carbocycles. The second kappa shape index (κ2) is 6.82. The fourth-order valence-corrected chi connectivity index (χ4v) is 4.07. The van der Waals surface area contributed by atoms with E-state index in [4.69, 9.17) is 4.84 Å². The molecule has 2 saturated heterocycles. The van der Waals surface area contributed by atoms with Gasteiger partial charge in [0.2, 0.25) is 5.91 Å². The first-order valence-electron chi connectivity index (χ1n) is 9.43. The summed E-state index contributed by atoms with van der Waals surface area (Å²) >= 11 is 0. The predicted molar refractivity (Wildman–Crippen MR) is 104 cm³/mol. The highest BCUT2D eigenvalue weighted by Gasteiger charge is 2.59. The lowest BCUT2D eigenvalue weighted by molar-refractivity contribution is -0.126. The summed E-state index contributed by atoms with van der Waals surface area (Å²) in [5.74, 6) is -0.553. The van der Waals surface area contributed by atoms with Crippen molar-refractivity contribution in [1.82, 2.24) is 0 Å².